The third-order valence-electron chi connectivity index (χ3n) is 6.98. The molecule has 180 valence electrons. The van der Waals surface area contributed by atoms with Gasteiger partial charge < -0.3 is 18.8 Å². The first-order valence-corrected chi connectivity index (χ1v) is 11.7. The van der Waals surface area contributed by atoms with Crippen LogP contribution in [0.4, 0.5) is 14.6 Å². The Balaban J connectivity index is 1.43. The molecule has 9 nitrogen and oxygen atoms in total. The second-order valence-corrected chi connectivity index (χ2v) is 9.55. The van der Waals surface area contributed by atoms with Crippen LogP contribution < -0.4 is 14.4 Å². The number of hydrogen-bond donors (Lipinski definition) is 0. The molecule has 3 atom stereocenters. The fourth-order valence-electron chi connectivity index (χ4n) is 5.32. The van der Waals surface area contributed by atoms with E-state index >= 15 is 4.39 Å². The maximum Gasteiger partial charge on any atom is 0.319 e. The summed E-state index contributed by atoms with van der Waals surface area (Å²) >= 11 is 6.06. The van der Waals surface area contributed by atoms with Crippen molar-refractivity contribution in [3.05, 3.63) is 29.3 Å². The summed E-state index contributed by atoms with van der Waals surface area (Å²) < 4.78 is 46.6. The fraction of sp³-hybridized carbons (Fsp3) is 0.545. The Labute approximate surface area is 199 Å². The van der Waals surface area contributed by atoms with Gasteiger partial charge in [-0.3, -0.25) is 4.90 Å². The fourth-order valence-corrected chi connectivity index (χ4v) is 5.48. The minimum Gasteiger partial charge on any atom is -0.475 e. The van der Waals surface area contributed by atoms with Crippen molar-refractivity contribution in [2.45, 2.75) is 50.5 Å². The van der Waals surface area contributed by atoms with Crippen LogP contribution >= 0.6 is 11.6 Å². The van der Waals surface area contributed by atoms with Crippen molar-refractivity contribution in [3.63, 3.8) is 0 Å². The highest BCUT2D eigenvalue weighted by molar-refractivity contribution is 6.30. The summed E-state index contributed by atoms with van der Waals surface area (Å²) in [6, 6.07) is -0.173. The maximum atomic E-state index is 15.1. The molecule has 0 N–H and O–H groups in total. The van der Waals surface area contributed by atoms with Crippen LogP contribution in [0.3, 0.4) is 0 Å². The van der Waals surface area contributed by atoms with Crippen LogP contribution in [0, 0.1) is 5.82 Å². The summed E-state index contributed by atoms with van der Waals surface area (Å²) in [6.07, 6.45) is 4.30. The summed E-state index contributed by atoms with van der Waals surface area (Å²) in [7, 11) is 0. The van der Waals surface area contributed by atoms with Crippen LogP contribution in [0.15, 0.2) is 17.0 Å². The lowest BCUT2D eigenvalue weighted by molar-refractivity contribution is 0.107. The van der Waals surface area contributed by atoms with Gasteiger partial charge in [-0.15, -0.1) is 0 Å². The molecular formula is C22H23ClF2N6O3. The van der Waals surface area contributed by atoms with Gasteiger partial charge in [0.15, 0.2) is 17.4 Å². The Morgan fingerprint density at radius 3 is 3.03 bits per heavy atom. The molecule has 2 fully saturated rings. The normalized spacial score (nSPS) is 26.5. The minimum atomic E-state index is -0.883. The van der Waals surface area contributed by atoms with E-state index in [4.69, 9.17) is 25.5 Å². The van der Waals surface area contributed by atoms with Crippen LogP contribution in [0.2, 0.25) is 5.15 Å². The van der Waals surface area contributed by atoms with Crippen molar-refractivity contribution >= 4 is 28.3 Å². The van der Waals surface area contributed by atoms with E-state index in [1.807, 2.05) is 11.8 Å². The molecule has 6 rings (SSSR count). The van der Waals surface area contributed by atoms with Gasteiger partial charge >= 0.3 is 6.01 Å². The van der Waals surface area contributed by atoms with Crippen molar-refractivity contribution < 1.29 is 22.7 Å². The standard InChI is InChI=1S/C22H23ClF2N6O3/c1-12-9-32-20-15-17(16(25)18(23)28-20)27-21(29-19(15)31(12)8-14-6-26-11-34-14)33-10-22-3-2-4-30(22)7-13(24)5-22/h6,11-13H,2-5,7-10H2,1H3/t12-,13+,22-/m0/s1. The molecule has 0 amide bonds. The van der Waals surface area contributed by atoms with Crippen LogP contribution in [-0.2, 0) is 6.54 Å². The highest BCUT2D eigenvalue weighted by Crippen LogP contribution is 2.42. The number of anilines is 1. The van der Waals surface area contributed by atoms with Gasteiger partial charge in [-0.2, -0.15) is 15.0 Å². The number of oxazole rings is 1. The second kappa shape index (κ2) is 8.16. The van der Waals surface area contributed by atoms with Crippen LogP contribution in [0.5, 0.6) is 11.9 Å². The van der Waals surface area contributed by atoms with Gasteiger partial charge in [-0.25, -0.2) is 13.8 Å². The van der Waals surface area contributed by atoms with Crippen LogP contribution in [0.1, 0.15) is 31.9 Å². The predicted molar refractivity (Wildman–Crippen MR) is 118 cm³/mol. The quantitative estimate of drug-likeness (QED) is 0.496. The van der Waals surface area contributed by atoms with E-state index in [-0.39, 0.29) is 47.4 Å². The predicted octanol–water partition coefficient (Wildman–Crippen LogP) is 3.55. The van der Waals surface area contributed by atoms with Crippen molar-refractivity contribution in [3.8, 4) is 11.9 Å². The summed E-state index contributed by atoms with van der Waals surface area (Å²) in [5.74, 6) is 0.380. The van der Waals surface area contributed by atoms with Gasteiger partial charge in [0.25, 0.3) is 0 Å². The topological polar surface area (TPSA) is 89.6 Å². The first-order valence-electron chi connectivity index (χ1n) is 11.3. The van der Waals surface area contributed by atoms with Gasteiger partial charge in [-0.1, -0.05) is 11.6 Å². The Bertz CT molecular complexity index is 1230. The number of fused-ring (bicyclic) bond motifs is 1. The van der Waals surface area contributed by atoms with E-state index in [1.165, 1.54) is 6.39 Å². The number of hydrogen-bond acceptors (Lipinski definition) is 9. The Morgan fingerprint density at radius 1 is 1.32 bits per heavy atom. The zero-order valence-electron chi connectivity index (χ0n) is 18.5. The largest absolute Gasteiger partial charge is 0.475 e. The minimum absolute atomic E-state index is 0.00480. The first kappa shape index (κ1) is 21.7. The first-order chi connectivity index (χ1) is 16.4. The number of ether oxygens (including phenoxy) is 2. The number of nitrogens with zero attached hydrogens (tertiary/aromatic N) is 6. The molecule has 0 aromatic carbocycles. The lowest BCUT2D eigenvalue weighted by Gasteiger charge is -2.31. The van der Waals surface area contributed by atoms with Crippen molar-refractivity contribution in [1.29, 1.82) is 0 Å². The lowest BCUT2D eigenvalue weighted by Crippen LogP contribution is -2.43. The molecule has 0 saturated carbocycles. The van der Waals surface area contributed by atoms with E-state index in [0.717, 1.165) is 19.4 Å². The van der Waals surface area contributed by atoms with Crippen molar-refractivity contribution in [1.82, 2.24) is 24.8 Å². The molecule has 3 aromatic heterocycles. The highest BCUT2D eigenvalue weighted by Gasteiger charge is 2.49. The zero-order valence-corrected chi connectivity index (χ0v) is 19.3. The molecule has 3 aliphatic rings. The van der Waals surface area contributed by atoms with Gasteiger partial charge in [0.2, 0.25) is 5.88 Å². The molecule has 2 saturated heterocycles. The molecule has 12 heteroatoms. The van der Waals surface area contributed by atoms with Crippen molar-refractivity contribution in [2.24, 2.45) is 0 Å². The van der Waals surface area contributed by atoms with E-state index < -0.39 is 12.0 Å². The number of rotatable bonds is 5. The Morgan fingerprint density at radius 2 is 2.21 bits per heavy atom. The molecule has 34 heavy (non-hydrogen) atoms. The van der Waals surface area contributed by atoms with Crippen LogP contribution in [0.25, 0.3) is 10.9 Å². The lowest BCUT2D eigenvalue weighted by atomic mass is 9.95. The summed E-state index contributed by atoms with van der Waals surface area (Å²) in [4.78, 5) is 21.1. The van der Waals surface area contributed by atoms with E-state index in [2.05, 4.69) is 24.8 Å². The molecule has 0 unspecified atom stereocenters. The average Bonchev–Trinajstić information content (AvgIpc) is 3.51. The number of halogens is 3. The van der Waals surface area contributed by atoms with Gasteiger partial charge in [-0.05, 0) is 26.3 Å². The molecule has 3 aromatic rings. The van der Waals surface area contributed by atoms with Crippen molar-refractivity contribution in [2.75, 3.05) is 31.2 Å². The number of alkyl halides is 1. The van der Waals surface area contributed by atoms with Gasteiger partial charge in [0.1, 0.15) is 41.9 Å². The SMILES string of the molecule is C[C@H]1COc2nc(Cl)c(F)c3nc(OC[C@@]45CCCN4C[C@H](F)C5)nc(c23)N1Cc1cnco1. The smallest absolute Gasteiger partial charge is 0.319 e. The molecule has 0 radical (unpaired) electrons. The average molecular weight is 493 g/mol. The maximum absolute atomic E-state index is 15.1. The third-order valence-corrected chi connectivity index (χ3v) is 7.23. The third kappa shape index (κ3) is 3.52. The molecule has 3 aliphatic heterocycles. The Hall–Kier alpha value is -2.79. The summed E-state index contributed by atoms with van der Waals surface area (Å²) in [5.41, 5.74) is -0.427. The molecule has 6 heterocycles. The molecule has 0 bridgehead atoms. The molecular weight excluding hydrogens is 470 g/mol. The van der Waals surface area contributed by atoms with Gasteiger partial charge in [0.05, 0.1) is 24.3 Å². The Kier molecular flexibility index (Phi) is 5.21. The van der Waals surface area contributed by atoms with Gasteiger partial charge in [0, 0.05) is 13.0 Å². The van der Waals surface area contributed by atoms with E-state index in [1.54, 1.807) is 6.20 Å². The highest BCUT2D eigenvalue weighted by atomic mass is 35.5. The number of pyridine rings is 1. The number of aromatic nitrogens is 4. The summed E-state index contributed by atoms with van der Waals surface area (Å²) in [5, 5.41) is -0.0328. The van der Waals surface area contributed by atoms with E-state index in [9.17, 15) is 4.39 Å². The summed E-state index contributed by atoms with van der Waals surface area (Å²) in [6.45, 7) is 4.00. The second-order valence-electron chi connectivity index (χ2n) is 9.19. The monoisotopic (exact) mass is 492 g/mol. The zero-order chi connectivity index (χ0) is 23.4. The molecule has 0 aliphatic carbocycles. The van der Waals surface area contributed by atoms with Crippen LogP contribution in [-0.4, -0.2) is 68.9 Å². The van der Waals surface area contributed by atoms with E-state index in [0.29, 0.717) is 36.5 Å². The molecule has 0 spiro atoms.